The van der Waals surface area contributed by atoms with Gasteiger partial charge >= 0.3 is 5.97 Å². The summed E-state index contributed by atoms with van der Waals surface area (Å²) in [6.45, 7) is 1.72. The van der Waals surface area contributed by atoms with E-state index >= 15 is 0 Å². The molecule has 3 N–H and O–H groups in total. The Labute approximate surface area is 223 Å². The van der Waals surface area contributed by atoms with E-state index in [1.165, 1.54) is 13.2 Å². The maximum Gasteiger partial charge on any atom is 0.309 e. The number of amides is 2. The Morgan fingerprint density at radius 3 is 2.32 bits per heavy atom. The lowest BCUT2D eigenvalue weighted by Gasteiger charge is -2.34. The highest BCUT2D eigenvalue weighted by molar-refractivity contribution is 5.98. The molecule has 8 nitrogen and oxygen atoms in total. The monoisotopic (exact) mass is 530 g/mol. The fourth-order valence-electron chi connectivity index (χ4n) is 7.18. The smallest absolute Gasteiger partial charge is 0.309 e. The quantitative estimate of drug-likeness (QED) is 0.458. The van der Waals surface area contributed by atoms with Crippen molar-refractivity contribution >= 4 is 17.8 Å². The number of hydrogen-bond acceptors (Lipinski definition) is 5. The molecule has 2 bridgehead atoms. The normalized spacial score (nSPS) is 32.7. The molecule has 2 amide bonds. The number of carbonyl (C=O) groups excluding carboxylic acids is 2. The van der Waals surface area contributed by atoms with Crippen LogP contribution in [0.25, 0.3) is 0 Å². The van der Waals surface area contributed by atoms with E-state index < -0.39 is 23.1 Å². The van der Waals surface area contributed by atoms with Crippen LogP contribution in [0.2, 0.25) is 0 Å². The van der Waals surface area contributed by atoms with Crippen LogP contribution < -0.4 is 20.1 Å². The zero-order valence-electron chi connectivity index (χ0n) is 22.3. The number of aliphatic carboxylic acids is 1. The predicted octanol–water partition coefficient (Wildman–Crippen LogP) is 4.45. The molecule has 0 aromatic heterocycles. The van der Waals surface area contributed by atoms with Crippen LogP contribution >= 0.6 is 0 Å². The molecule has 4 atom stereocenters. The van der Waals surface area contributed by atoms with Crippen molar-refractivity contribution in [2.24, 2.45) is 23.2 Å². The van der Waals surface area contributed by atoms with Crippen LogP contribution in [-0.2, 0) is 9.59 Å². The molecule has 4 aliphatic carbocycles. The Balaban J connectivity index is 1.30. The highest BCUT2D eigenvalue weighted by Crippen LogP contribution is 2.49. The molecule has 208 valence electrons. The van der Waals surface area contributed by atoms with Crippen LogP contribution in [0, 0.1) is 29.0 Å². The van der Waals surface area contributed by atoms with Crippen LogP contribution in [0.3, 0.4) is 0 Å². The molecule has 0 radical (unpaired) electrons. The number of nitrogens with one attached hydrogen (secondary N) is 2. The van der Waals surface area contributed by atoms with Gasteiger partial charge in [-0.3, -0.25) is 14.4 Å². The highest BCUT2D eigenvalue weighted by atomic mass is 19.1. The summed E-state index contributed by atoms with van der Waals surface area (Å²) in [7, 11) is 1.38. The first-order chi connectivity index (χ1) is 18.2. The van der Waals surface area contributed by atoms with Crippen LogP contribution in [0.15, 0.2) is 12.1 Å². The summed E-state index contributed by atoms with van der Waals surface area (Å²) in [5, 5.41) is 15.8. The van der Waals surface area contributed by atoms with E-state index in [-0.39, 0.29) is 58.9 Å². The number of carboxylic acid groups (broad SMARTS) is 1. The molecule has 1 aromatic carbocycles. The van der Waals surface area contributed by atoms with Crippen molar-refractivity contribution in [3.05, 3.63) is 23.5 Å². The maximum atomic E-state index is 14.9. The number of methoxy groups -OCH3 is 1. The largest absolute Gasteiger partial charge is 0.496 e. The molecule has 1 aromatic rings. The van der Waals surface area contributed by atoms with E-state index in [0.717, 1.165) is 51.0 Å². The lowest BCUT2D eigenvalue weighted by Crippen LogP contribution is -2.51. The summed E-state index contributed by atoms with van der Waals surface area (Å²) in [6.07, 6.45) is 8.71. The lowest BCUT2D eigenvalue weighted by molar-refractivity contribution is -0.150. The number of fused-ring (bicyclic) bond motifs is 2. The number of rotatable bonds is 8. The van der Waals surface area contributed by atoms with E-state index in [1.54, 1.807) is 6.92 Å². The van der Waals surface area contributed by atoms with Gasteiger partial charge in [0, 0.05) is 18.2 Å². The third kappa shape index (κ3) is 5.21. The summed E-state index contributed by atoms with van der Waals surface area (Å²) in [4.78, 5) is 38.3. The number of benzene rings is 1. The summed E-state index contributed by atoms with van der Waals surface area (Å²) < 4.78 is 26.2. The van der Waals surface area contributed by atoms with Gasteiger partial charge in [-0.2, -0.15) is 0 Å². The maximum absolute atomic E-state index is 14.9. The zero-order chi connectivity index (χ0) is 27.0. The number of halogens is 1. The zero-order valence-corrected chi connectivity index (χ0v) is 22.3. The van der Waals surface area contributed by atoms with E-state index in [4.69, 9.17) is 9.47 Å². The molecule has 0 saturated heterocycles. The minimum Gasteiger partial charge on any atom is -0.496 e. The van der Waals surface area contributed by atoms with Crippen LogP contribution in [0.1, 0.15) is 87.9 Å². The molecule has 9 heteroatoms. The van der Waals surface area contributed by atoms with Crippen molar-refractivity contribution in [3.63, 3.8) is 0 Å². The van der Waals surface area contributed by atoms with Gasteiger partial charge in [0.2, 0.25) is 5.91 Å². The molecule has 0 aliphatic heterocycles. The Morgan fingerprint density at radius 1 is 0.974 bits per heavy atom. The molecular formula is C29H39FN2O6. The number of ether oxygens (including phenoxy) is 2. The first-order valence-electron chi connectivity index (χ1n) is 14.1. The predicted molar refractivity (Wildman–Crippen MR) is 138 cm³/mol. The summed E-state index contributed by atoms with van der Waals surface area (Å²) in [5.74, 6) is -1.54. The van der Waals surface area contributed by atoms with Gasteiger partial charge < -0.3 is 25.2 Å². The first kappa shape index (κ1) is 26.8. The Hall–Kier alpha value is -2.84. The van der Waals surface area contributed by atoms with Gasteiger partial charge in [-0.05, 0) is 82.6 Å². The second-order valence-corrected chi connectivity index (χ2v) is 12.0. The first-order valence-corrected chi connectivity index (χ1v) is 14.1. The van der Waals surface area contributed by atoms with Crippen molar-refractivity contribution < 1.29 is 33.4 Å². The molecule has 38 heavy (non-hydrogen) atoms. The second kappa shape index (κ2) is 10.7. The van der Waals surface area contributed by atoms with Crippen LogP contribution in [0.5, 0.6) is 11.5 Å². The number of carbonyl (C=O) groups is 3. The fourth-order valence-corrected chi connectivity index (χ4v) is 7.18. The Bertz CT molecular complexity index is 1080. The van der Waals surface area contributed by atoms with Gasteiger partial charge in [0.15, 0.2) is 11.6 Å². The second-order valence-electron chi connectivity index (χ2n) is 12.0. The summed E-state index contributed by atoms with van der Waals surface area (Å²) in [6, 6.07) is 2.48. The molecule has 4 saturated carbocycles. The third-order valence-electron chi connectivity index (χ3n) is 9.56. The van der Waals surface area contributed by atoms with Crippen LogP contribution in [0.4, 0.5) is 4.39 Å². The van der Waals surface area contributed by atoms with Gasteiger partial charge in [0.1, 0.15) is 5.75 Å². The lowest BCUT2D eigenvalue weighted by atomic mass is 9.75. The van der Waals surface area contributed by atoms with Crippen molar-refractivity contribution in [1.29, 1.82) is 0 Å². The van der Waals surface area contributed by atoms with Gasteiger partial charge in [-0.1, -0.05) is 12.8 Å². The Morgan fingerprint density at radius 2 is 1.66 bits per heavy atom. The highest BCUT2D eigenvalue weighted by Gasteiger charge is 2.51. The van der Waals surface area contributed by atoms with Crippen molar-refractivity contribution in [2.75, 3.05) is 7.11 Å². The average Bonchev–Trinajstić information content (AvgIpc) is 3.65. The van der Waals surface area contributed by atoms with Crippen molar-refractivity contribution in [2.45, 2.75) is 95.7 Å². The molecular weight excluding hydrogens is 491 g/mol. The average molecular weight is 531 g/mol. The fraction of sp³-hybridized carbons (Fsp3) is 0.690. The molecule has 0 spiro atoms. The van der Waals surface area contributed by atoms with Crippen LogP contribution in [-0.4, -0.2) is 48.2 Å². The van der Waals surface area contributed by atoms with Gasteiger partial charge in [-0.25, -0.2) is 4.39 Å². The van der Waals surface area contributed by atoms with E-state index in [2.05, 4.69) is 10.6 Å². The Kier molecular flexibility index (Phi) is 7.56. The molecule has 4 aliphatic rings. The SMILES string of the molecule is COc1cc(F)c(OC2CCC(C)(C(=O)O)CC2)cc1C(=O)NC1C2CCC(C2)C1C(=O)NC1CCCC1. The molecule has 4 fully saturated rings. The number of hydrogen-bond donors (Lipinski definition) is 3. The summed E-state index contributed by atoms with van der Waals surface area (Å²) >= 11 is 0. The van der Waals surface area contributed by atoms with Gasteiger partial charge in [0.05, 0.1) is 30.1 Å². The number of carboxylic acids is 1. The van der Waals surface area contributed by atoms with Crippen molar-refractivity contribution in [3.8, 4) is 11.5 Å². The topological polar surface area (TPSA) is 114 Å². The minimum atomic E-state index is -0.832. The molecule has 5 rings (SSSR count). The van der Waals surface area contributed by atoms with Crippen molar-refractivity contribution in [1.82, 2.24) is 10.6 Å². The van der Waals surface area contributed by atoms with E-state index in [0.29, 0.717) is 25.7 Å². The molecule has 0 heterocycles. The standard InChI is InChI=1S/C29H39FN2O6/c1-29(28(35)36)11-9-19(10-12-29)38-23-14-20(22(37-2)15-21(23)30)26(33)32-25-17-8-7-16(13-17)24(25)27(34)31-18-5-3-4-6-18/h14-19,24-25H,3-13H2,1-2H3,(H,31,34)(H,32,33)(H,35,36). The van der Waals surface area contributed by atoms with E-state index in [1.807, 2.05) is 0 Å². The van der Waals surface area contributed by atoms with Gasteiger partial charge in [-0.15, -0.1) is 0 Å². The summed E-state index contributed by atoms with van der Waals surface area (Å²) in [5.41, 5.74) is -0.641. The van der Waals surface area contributed by atoms with E-state index in [9.17, 15) is 23.9 Å². The molecule has 4 unspecified atom stereocenters. The van der Waals surface area contributed by atoms with Gasteiger partial charge in [0.25, 0.3) is 5.91 Å². The third-order valence-corrected chi connectivity index (χ3v) is 9.56. The minimum absolute atomic E-state index is 0.0372.